The van der Waals surface area contributed by atoms with Crippen LogP contribution in [-0.4, -0.2) is 32.9 Å². The first-order valence-electron chi connectivity index (χ1n) is 8.59. The van der Waals surface area contributed by atoms with Crippen molar-refractivity contribution in [2.24, 2.45) is 0 Å². The molecule has 6 heteroatoms. The lowest BCUT2D eigenvalue weighted by Gasteiger charge is -2.04. The van der Waals surface area contributed by atoms with E-state index in [0.717, 1.165) is 40.0 Å². The summed E-state index contributed by atoms with van der Waals surface area (Å²) in [6.45, 7) is 3.48. The summed E-state index contributed by atoms with van der Waals surface area (Å²) in [5.74, 6) is 8.18. The van der Waals surface area contributed by atoms with Crippen molar-refractivity contribution in [2.45, 2.75) is 26.3 Å². The lowest BCUT2D eigenvalue weighted by molar-refractivity contribution is 0.233. The minimum absolute atomic E-state index is 0.140. The van der Waals surface area contributed by atoms with E-state index < -0.39 is 0 Å². The number of aliphatic hydroxyl groups is 1. The van der Waals surface area contributed by atoms with Gasteiger partial charge in [-0.1, -0.05) is 12.8 Å². The third-order valence-corrected chi connectivity index (χ3v) is 4.63. The molecule has 0 unspecified atom stereocenters. The van der Waals surface area contributed by atoms with Gasteiger partial charge >= 0.3 is 0 Å². The number of hydrogen-bond donors (Lipinski definition) is 1. The molecule has 0 amide bonds. The molecule has 26 heavy (non-hydrogen) atoms. The summed E-state index contributed by atoms with van der Waals surface area (Å²) in [5, 5.41) is 9.78. The molecular weight excluding hydrogens is 346 g/mol. The lowest BCUT2D eigenvalue weighted by Crippen LogP contribution is -2.02. The lowest BCUT2D eigenvalue weighted by atomic mass is 10.2. The van der Waals surface area contributed by atoms with Gasteiger partial charge in [0, 0.05) is 37.4 Å². The topological polar surface area (TPSA) is 60.2 Å². The van der Waals surface area contributed by atoms with E-state index in [0.29, 0.717) is 13.0 Å². The van der Waals surface area contributed by atoms with Crippen molar-refractivity contribution in [1.29, 1.82) is 0 Å². The van der Waals surface area contributed by atoms with E-state index in [-0.39, 0.29) is 6.61 Å². The molecule has 0 aliphatic rings. The predicted molar refractivity (Wildman–Crippen MR) is 102 cm³/mol. The summed E-state index contributed by atoms with van der Waals surface area (Å²) in [4.78, 5) is 9.74. The minimum Gasteiger partial charge on any atom is -0.494 e. The van der Waals surface area contributed by atoms with Crippen LogP contribution >= 0.6 is 11.3 Å². The van der Waals surface area contributed by atoms with Crippen LogP contribution in [0, 0.1) is 11.8 Å². The van der Waals surface area contributed by atoms with E-state index in [9.17, 15) is 0 Å². The number of nitrogens with zero attached hydrogens (tertiary/aromatic N) is 3. The van der Waals surface area contributed by atoms with Crippen molar-refractivity contribution >= 4 is 11.3 Å². The number of hydrogen-bond acceptors (Lipinski definition) is 5. The van der Waals surface area contributed by atoms with Crippen LogP contribution in [0.1, 0.15) is 34.6 Å². The number of aromatic nitrogens is 3. The van der Waals surface area contributed by atoms with E-state index in [1.54, 1.807) is 11.3 Å². The summed E-state index contributed by atoms with van der Waals surface area (Å²) in [6, 6.07) is 7.65. The van der Waals surface area contributed by atoms with Gasteiger partial charge in [0.05, 0.1) is 24.2 Å². The molecule has 2 heterocycles. The normalized spacial score (nSPS) is 10.4. The van der Waals surface area contributed by atoms with Crippen molar-refractivity contribution in [3.8, 4) is 17.6 Å². The number of ether oxygens (including phenoxy) is 1. The van der Waals surface area contributed by atoms with Crippen LogP contribution in [0.4, 0.5) is 0 Å². The SMILES string of the molecule is CCc1nccn1Cc1ncc(C#Cc2ccc(OCCCO)cc2)s1. The fourth-order valence-corrected chi connectivity index (χ4v) is 3.18. The highest BCUT2D eigenvalue weighted by Crippen LogP contribution is 2.15. The Labute approximate surface area is 157 Å². The molecular formula is C20H21N3O2S. The highest BCUT2D eigenvalue weighted by atomic mass is 32.1. The Morgan fingerprint density at radius 1 is 1.19 bits per heavy atom. The zero-order chi connectivity index (χ0) is 18.2. The first-order chi connectivity index (χ1) is 12.8. The Bertz CT molecular complexity index is 888. The number of rotatable bonds is 7. The van der Waals surface area contributed by atoms with Gasteiger partial charge in [-0.05, 0) is 30.2 Å². The number of thiazole rings is 1. The summed E-state index contributed by atoms with van der Waals surface area (Å²) in [5.41, 5.74) is 0.928. The molecule has 5 nitrogen and oxygen atoms in total. The average molecular weight is 367 g/mol. The maximum Gasteiger partial charge on any atom is 0.119 e. The van der Waals surface area contributed by atoms with Gasteiger partial charge in [0.15, 0.2) is 0 Å². The molecule has 0 aliphatic heterocycles. The monoisotopic (exact) mass is 367 g/mol. The van der Waals surface area contributed by atoms with Crippen LogP contribution in [0.5, 0.6) is 5.75 Å². The van der Waals surface area contributed by atoms with Gasteiger partial charge in [0.2, 0.25) is 0 Å². The Balaban J connectivity index is 1.61. The standard InChI is InChI=1S/C20H21N3O2S/c1-2-19-21-10-11-23(19)15-20-22-14-18(26-20)9-6-16-4-7-17(8-5-16)25-13-3-12-24/h4-5,7-8,10-11,14,24H,2-3,12-13,15H2,1H3. The van der Waals surface area contributed by atoms with Crippen LogP contribution < -0.4 is 4.74 Å². The largest absolute Gasteiger partial charge is 0.494 e. The molecule has 1 aromatic carbocycles. The second kappa shape index (κ2) is 9.18. The molecule has 134 valence electrons. The molecule has 0 spiro atoms. The third kappa shape index (κ3) is 4.94. The van der Waals surface area contributed by atoms with Crippen molar-refractivity contribution < 1.29 is 9.84 Å². The fourth-order valence-electron chi connectivity index (χ4n) is 2.41. The average Bonchev–Trinajstić information content (AvgIpc) is 3.31. The van der Waals surface area contributed by atoms with Gasteiger partial charge in [-0.25, -0.2) is 9.97 Å². The van der Waals surface area contributed by atoms with Gasteiger partial charge < -0.3 is 14.4 Å². The van der Waals surface area contributed by atoms with Crippen molar-refractivity contribution in [1.82, 2.24) is 14.5 Å². The predicted octanol–water partition coefficient (Wildman–Crippen LogP) is 3.11. The third-order valence-electron chi connectivity index (χ3n) is 3.73. The number of imidazole rings is 1. The Hall–Kier alpha value is -2.62. The van der Waals surface area contributed by atoms with Gasteiger partial charge in [-0.2, -0.15) is 0 Å². The van der Waals surface area contributed by atoms with Crippen LogP contribution in [0.2, 0.25) is 0 Å². The molecule has 0 saturated carbocycles. The first kappa shape index (κ1) is 18.2. The van der Waals surface area contributed by atoms with E-state index in [4.69, 9.17) is 9.84 Å². The Morgan fingerprint density at radius 2 is 2.04 bits per heavy atom. The highest BCUT2D eigenvalue weighted by molar-refractivity contribution is 7.12. The molecule has 0 atom stereocenters. The van der Waals surface area contributed by atoms with Crippen LogP contribution in [0.3, 0.4) is 0 Å². The molecule has 3 aromatic rings. The van der Waals surface area contributed by atoms with E-state index in [1.807, 2.05) is 42.9 Å². The second-order valence-corrected chi connectivity index (χ2v) is 6.76. The van der Waals surface area contributed by atoms with Crippen molar-refractivity contribution in [3.63, 3.8) is 0 Å². The molecule has 0 aliphatic carbocycles. The van der Waals surface area contributed by atoms with Crippen LogP contribution in [0.25, 0.3) is 0 Å². The highest BCUT2D eigenvalue weighted by Gasteiger charge is 2.05. The number of aliphatic hydroxyl groups excluding tert-OH is 1. The zero-order valence-electron chi connectivity index (χ0n) is 14.7. The van der Waals surface area contributed by atoms with Gasteiger partial charge in [-0.15, -0.1) is 11.3 Å². The zero-order valence-corrected chi connectivity index (χ0v) is 15.5. The second-order valence-electron chi connectivity index (χ2n) is 5.64. The van der Waals surface area contributed by atoms with E-state index >= 15 is 0 Å². The smallest absolute Gasteiger partial charge is 0.119 e. The summed E-state index contributed by atoms with van der Waals surface area (Å²) >= 11 is 1.60. The molecule has 1 N–H and O–H groups in total. The van der Waals surface area contributed by atoms with Gasteiger partial charge in [0.1, 0.15) is 16.6 Å². The van der Waals surface area contributed by atoms with Gasteiger partial charge in [-0.3, -0.25) is 0 Å². The van der Waals surface area contributed by atoms with Crippen LogP contribution in [-0.2, 0) is 13.0 Å². The minimum atomic E-state index is 0.140. The van der Waals surface area contributed by atoms with Crippen LogP contribution in [0.15, 0.2) is 42.9 Å². The molecule has 3 rings (SSSR count). The Morgan fingerprint density at radius 3 is 2.81 bits per heavy atom. The molecule has 0 fully saturated rings. The number of aryl methyl sites for hydroxylation is 1. The van der Waals surface area contributed by atoms with Gasteiger partial charge in [0.25, 0.3) is 0 Å². The van der Waals surface area contributed by atoms with E-state index in [1.165, 1.54) is 0 Å². The quantitative estimate of drug-likeness (QED) is 0.515. The van der Waals surface area contributed by atoms with Crippen molar-refractivity contribution in [3.05, 3.63) is 64.1 Å². The maximum atomic E-state index is 8.76. The Kier molecular flexibility index (Phi) is 6.42. The van der Waals surface area contributed by atoms with Crippen molar-refractivity contribution in [2.75, 3.05) is 13.2 Å². The summed E-state index contributed by atoms with van der Waals surface area (Å²) in [7, 11) is 0. The summed E-state index contributed by atoms with van der Waals surface area (Å²) < 4.78 is 7.63. The fraction of sp³-hybridized carbons (Fsp3) is 0.300. The maximum absolute atomic E-state index is 8.76. The first-order valence-corrected chi connectivity index (χ1v) is 9.40. The van der Waals surface area contributed by atoms with E-state index in [2.05, 4.69) is 33.3 Å². The number of benzene rings is 1. The molecule has 0 bridgehead atoms. The molecule has 0 radical (unpaired) electrons. The molecule has 0 saturated heterocycles. The summed E-state index contributed by atoms with van der Waals surface area (Å²) in [6.07, 6.45) is 7.17. The molecule has 2 aromatic heterocycles.